The number of aromatic nitrogens is 1. The highest BCUT2D eigenvalue weighted by Crippen LogP contribution is 2.32. The van der Waals surface area contributed by atoms with Crippen molar-refractivity contribution < 1.29 is 15.1 Å². The molecule has 2 amide bonds. The van der Waals surface area contributed by atoms with Crippen LogP contribution in [-0.2, 0) is 0 Å². The number of rotatable bonds is 1. The van der Waals surface area contributed by atoms with Crippen molar-refractivity contribution in [2.75, 3.05) is 4.90 Å². The fourth-order valence-corrected chi connectivity index (χ4v) is 2.44. The lowest BCUT2D eigenvalue weighted by Gasteiger charge is -2.15. The van der Waals surface area contributed by atoms with Gasteiger partial charge in [-0.3, -0.25) is 14.6 Å². The minimum Gasteiger partial charge on any atom is -0.268 e. The Morgan fingerprint density at radius 3 is 2.33 bits per heavy atom. The highest BCUT2D eigenvalue weighted by atomic mass is 16.2. The molecule has 0 unspecified atom stereocenters. The average Bonchev–Trinajstić information content (AvgIpc) is 2.88. The lowest BCUT2D eigenvalue weighted by Crippen LogP contribution is -2.29. The smallest absolute Gasteiger partial charge is 0.266 e. The molecule has 0 aliphatic carbocycles. The molecule has 0 radical (unpaired) electrons. The topological polar surface area (TPSA) is 50.3 Å². The zero-order valence-corrected chi connectivity index (χ0v) is 10.7. The van der Waals surface area contributed by atoms with Gasteiger partial charge in [0, 0.05) is 11.6 Å². The third-order valence-electron chi connectivity index (χ3n) is 3.37. The summed E-state index contributed by atoms with van der Waals surface area (Å²) in [6.07, 6.45) is 1.54. The molecule has 0 saturated heterocycles. The van der Waals surface area contributed by atoms with Crippen LogP contribution in [0.15, 0.2) is 60.7 Å². The number of anilines is 1. The van der Waals surface area contributed by atoms with Gasteiger partial charge in [0.25, 0.3) is 11.8 Å². The average molecular weight is 278 g/mol. The van der Waals surface area contributed by atoms with Gasteiger partial charge in [0.05, 0.1) is 27.8 Å². The molecule has 21 heavy (non-hydrogen) atoms. The summed E-state index contributed by atoms with van der Waals surface area (Å²) in [5.41, 5.74) is 0.0868. The number of nitrogens with zero attached hydrogens (tertiary/aromatic N) is 2. The molecule has 0 saturated carbocycles. The third-order valence-corrected chi connectivity index (χ3v) is 3.37. The molecule has 0 atom stereocenters. The molecular weight excluding hydrogens is 264 g/mol. The molecule has 2 aromatic carbocycles. The fraction of sp³-hybridized carbons (Fsp3) is 0. The number of carbonyl (C=O) groups is 2. The van der Waals surface area contributed by atoms with Crippen molar-refractivity contribution in [3.8, 4) is 0 Å². The number of para-hydroxylation sites is 1. The third kappa shape index (κ3) is 1.59. The Labute approximate surface area is 126 Å². The number of hydrogen-bond acceptors (Lipinski definition) is 3. The highest BCUT2D eigenvalue weighted by molar-refractivity contribution is 6.35. The van der Waals surface area contributed by atoms with E-state index < -0.39 is 36.0 Å². The maximum atomic E-state index is 12.8. The monoisotopic (exact) mass is 278 g/mol. The molecule has 0 spiro atoms. The molecule has 4 rings (SSSR count). The van der Waals surface area contributed by atoms with E-state index >= 15 is 0 Å². The van der Waals surface area contributed by atoms with E-state index in [0.29, 0.717) is 5.52 Å². The van der Waals surface area contributed by atoms with E-state index in [-0.39, 0.29) is 16.8 Å². The van der Waals surface area contributed by atoms with E-state index in [9.17, 15) is 9.59 Å². The van der Waals surface area contributed by atoms with Crippen molar-refractivity contribution in [1.29, 1.82) is 0 Å². The molecule has 0 bridgehead atoms. The minimum atomic E-state index is -0.773. The van der Waals surface area contributed by atoms with Gasteiger partial charge in [-0.1, -0.05) is 30.3 Å². The Morgan fingerprint density at radius 2 is 1.62 bits per heavy atom. The first-order chi connectivity index (χ1) is 11.9. The maximum absolute atomic E-state index is 12.8. The van der Waals surface area contributed by atoms with Crippen molar-refractivity contribution in [1.82, 2.24) is 4.98 Å². The first-order valence-corrected chi connectivity index (χ1v) is 6.26. The van der Waals surface area contributed by atoms with Crippen molar-refractivity contribution in [3.05, 3.63) is 71.8 Å². The van der Waals surface area contributed by atoms with E-state index in [1.54, 1.807) is 36.5 Å². The molecule has 2 heterocycles. The van der Waals surface area contributed by atoms with Gasteiger partial charge in [-0.25, -0.2) is 4.90 Å². The number of imide groups is 1. The number of amides is 2. The molecule has 1 aliphatic heterocycles. The normalized spacial score (nSPS) is 16.5. The van der Waals surface area contributed by atoms with Crippen LogP contribution in [0.2, 0.25) is 0 Å². The molecule has 1 aromatic heterocycles. The minimum absolute atomic E-state index is 0.251. The SMILES string of the molecule is [2H]c1c([2H])c([2H])c2c(c1[2H])C(=O)N(c1cccc3cccnc13)C2=O. The van der Waals surface area contributed by atoms with E-state index in [1.807, 2.05) is 0 Å². The summed E-state index contributed by atoms with van der Waals surface area (Å²) in [5.74, 6) is -1.55. The standard InChI is InChI=1S/C17H10N2O2/c20-16-12-7-1-2-8-13(12)17(21)19(16)14-9-3-5-11-6-4-10-18-15(11)14/h1-10H/i1D,2D,7D,8D. The molecule has 0 fully saturated rings. The van der Waals surface area contributed by atoms with Crippen LogP contribution in [0.25, 0.3) is 10.9 Å². The molecule has 4 nitrogen and oxygen atoms in total. The van der Waals surface area contributed by atoms with Gasteiger partial charge in [-0.05, 0) is 24.2 Å². The Bertz CT molecular complexity index is 1050. The Hall–Kier alpha value is -3.01. The van der Waals surface area contributed by atoms with Gasteiger partial charge in [0.1, 0.15) is 0 Å². The van der Waals surface area contributed by atoms with E-state index in [4.69, 9.17) is 5.48 Å². The van der Waals surface area contributed by atoms with Crippen LogP contribution in [0.4, 0.5) is 5.69 Å². The second kappa shape index (κ2) is 4.24. The van der Waals surface area contributed by atoms with Gasteiger partial charge in [0.2, 0.25) is 0 Å². The summed E-state index contributed by atoms with van der Waals surface area (Å²) >= 11 is 0. The van der Waals surface area contributed by atoms with Crippen molar-refractivity contribution in [2.24, 2.45) is 0 Å². The van der Waals surface area contributed by atoms with Gasteiger partial charge in [0.15, 0.2) is 0 Å². The first-order valence-electron chi connectivity index (χ1n) is 8.26. The van der Waals surface area contributed by atoms with Crippen molar-refractivity contribution >= 4 is 28.4 Å². The second-order valence-corrected chi connectivity index (χ2v) is 4.55. The lowest BCUT2D eigenvalue weighted by atomic mass is 10.1. The predicted molar refractivity (Wildman–Crippen MR) is 79.3 cm³/mol. The Morgan fingerprint density at radius 1 is 0.952 bits per heavy atom. The summed E-state index contributed by atoms with van der Waals surface area (Å²) in [6, 6.07) is 6.46. The van der Waals surface area contributed by atoms with Crippen molar-refractivity contribution in [3.63, 3.8) is 0 Å². The van der Waals surface area contributed by atoms with E-state index in [0.717, 1.165) is 10.3 Å². The zero-order chi connectivity index (χ0) is 17.9. The first kappa shape index (κ1) is 8.32. The zero-order valence-electron chi connectivity index (χ0n) is 14.7. The molecule has 0 N–H and O–H groups in total. The Kier molecular flexibility index (Phi) is 1.68. The number of carbonyl (C=O) groups excluding carboxylic acids is 2. The molecule has 4 heteroatoms. The number of benzene rings is 2. The van der Waals surface area contributed by atoms with Crippen LogP contribution >= 0.6 is 0 Å². The van der Waals surface area contributed by atoms with Crippen LogP contribution < -0.4 is 4.90 Å². The van der Waals surface area contributed by atoms with E-state index in [1.165, 1.54) is 0 Å². The lowest BCUT2D eigenvalue weighted by molar-refractivity contribution is 0.0926. The quantitative estimate of drug-likeness (QED) is 0.643. The van der Waals surface area contributed by atoms with Crippen LogP contribution in [0.3, 0.4) is 0 Å². The number of fused-ring (bicyclic) bond motifs is 2. The van der Waals surface area contributed by atoms with Crippen molar-refractivity contribution in [2.45, 2.75) is 0 Å². The van der Waals surface area contributed by atoms with E-state index in [2.05, 4.69) is 4.98 Å². The van der Waals surface area contributed by atoms with Gasteiger partial charge in [-0.2, -0.15) is 0 Å². The number of hydrogen-bond donors (Lipinski definition) is 0. The van der Waals surface area contributed by atoms with Crippen LogP contribution in [0.5, 0.6) is 0 Å². The molecular formula is C17H10N2O2. The van der Waals surface area contributed by atoms with Gasteiger partial charge >= 0.3 is 0 Å². The summed E-state index contributed by atoms with van der Waals surface area (Å²) in [4.78, 5) is 30.7. The van der Waals surface area contributed by atoms with Crippen LogP contribution in [0, 0.1) is 0 Å². The largest absolute Gasteiger partial charge is 0.268 e. The molecule has 100 valence electrons. The van der Waals surface area contributed by atoms with Gasteiger partial charge < -0.3 is 0 Å². The summed E-state index contributed by atoms with van der Waals surface area (Å²) in [5, 5.41) is 0.733. The summed E-state index contributed by atoms with van der Waals surface area (Å²) in [6.45, 7) is 0. The summed E-state index contributed by atoms with van der Waals surface area (Å²) in [7, 11) is 0. The highest BCUT2D eigenvalue weighted by Gasteiger charge is 2.37. The summed E-state index contributed by atoms with van der Waals surface area (Å²) < 4.78 is 31.3. The molecule has 3 aromatic rings. The maximum Gasteiger partial charge on any atom is 0.266 e. The Balaban J connectivity index is 2.00. The second-order valence-electron chi connectivity index (χ2n) is 4.55. The van der Waals surface area contributed by atoms with Gasteiger partial charge in [-0.15, -0.1) is 0 Å². The fourth-order valence-electron chi connectivity index (χ4n) is 2.44. The van der Waals surface area contributed by atoms with Crippen LogP contribution in [0.1, 0.15) is 26.2 Å². The van der Waals surface area contributed by atoms with Crippen LogP contribution in [-0.4, -0.2) is 16.8 Å². The number of pyridine rings is 1. The molecule has 1 aliphatic rings. The predicted octanol–water partition coefficient (Wildman–Crippen LogP) is 3.04.